The molecule has 3 aromatic rings. The van der Waals surface area contributed by atoms with E-state index in [4.69, 9.17) is 0 Å². The van der Waals surface area contributed by atoms with Gasteiger partial charge in [-0.2, -0.15) is 0 Å². The number of hydrazone groups is 1. The number of amides is 1. The van der Waals surface area contributed by atoms with Crippen LogP contribution in [-0.4, -0.2) is 32.4 Å². The van der Waals surface area contributed by atoms with Gasteiger partial charge in [0, 0.05) is 23.2 Å². The van der Waals surface area contributed by atoms with Crippen molar-refractivity contribution in [2.75, 3.05) is 4.90 Å². The van der Waals surface area contributed by atoms with Crippen molar-refractivity contribution in [3.63, 3.8) is 0 Å². The summed E-state index contributed by atoms with van der Waals surface area (Å²) >= 11 is 0. The Morgan fingerprint density at radius 2 is 1.66 bits per heavy atom. The fourth-order valence-corrected chi connectivity index (χ4v) is 4.49. The predicted octanol–water partition coefficient (Wildman–Crippen LogP) is 4.02. The Labute approximate surface area is 206 Å². The maximum absolute atomic E-state index is 12.8. The van der Waals surface area contributed by atoms with Gasteiger partial charge < -0.3 is 0 Å². The number of benzene rings is 2. The molecule has 5 rings (SSSR count). The molecule has 0 saturated heterocycles. The second-order valence-corrected chi connectivity index (χ2v) is 10.1. The molecule has 3 heterocycles. The molecule has 1 aromatic heterocycles. The topological polar surface area (TPSA) is 85.8 Å². The van der Waals surface area contributed by atoms with Gasteiger partial charge in [0.1, 0.15) is 11.6 Å². The van der Waals surface area contributed by atoms with Crippen LogP contribution in [0.1, 0.15) is 55.4 Å². The predicted molar refractivity (Wildman–Crippen MR) is 137 cm³/mol. The van der Waals surface area contributed by atoms with Crippen LogP contribution in [0.5, 0.6) is 0 Å². The van der Waals surface area contributed by atoms with Gasteiger partial charge in [-0.15, -0.1) is 10.2 Å². The molecule has 8 heteroatoms. The number of hydrazine groups is 2. The lowest BCUT2D eigenvalue weighted by Gasteiger charge is -2.30. The van der Waals surface area contributed by atoms with E-state index in [2.05, 4.69) is 83.2 Å². The van der Waals surface area contributed by atoms with Crippen molar-refractivity contribution in [1.82, 2.24) is 26.0 Å². The maximum atomic E-state index is 12.8. The van der Waals surface area contributed by atoms with Crippen molar-refractivity contribution < 1.29 is 4.79 Å². The van der Waals surface area contributed by atoms with Crippen LogP contribution < -0.4 is 15.9 Å². The molecule has 2 aromatic carbocycles. The largest absolute Gasteiger partial charge is 0.292 e. The minimum Gasteiger partial charge on any atom is -0.292 e. The highest BCUT2D eigenvalue weighted by Crippen LogP contribution is 2.30. The molecule has 0 saturated carbocycles. The third-order valence-corrected chi connectivity index (χ3v) is 6.39. The second-order valence-electron chi connectivity index (χ2n) is 10.1. The molecule has 2 aliphatic rings. The molecular formula is C27H31N7O. The molecule has 35 heavy (non-hydrogen) atoms. The van der Waals surface area contributed by atoms with Crippen LogP contribution in [0.2, 0.25) is 0 Å². The van der Waals surface area contributed by atoms with Crippen molar-refractivity contribution in [2.24, 2.45) is 5.10 Å². The first-order chi connectivity index (χ1) is 16.7. The zero-order valence-electron chi connectivity index (χ0n) is 20.9. The molecule has 0 spiro atoms. The van der Waals surface area contributed by atoms with Crippen LogP contribution in [0.15, 0.2) is 53.6 Å². The lowest BCUT2D eigenvalue weighted by Crippen LogP contribution is -2.53. The zero-order chi connectivity index (χ0) is 24.7. The van der Waals surface area contributed by atoms with E-state index in [0.717, 1.165) is 45.2 Å². The van der Waals surface area contributed by atoms with E-state index in [1.54, 1.807) is 4.90 Å². The normalized spacial score (nSPS) is 16.0. The Bertz CT molecular complexity index is 1310. The van der Waals surface area contributed by atoms with Crippen molar-refractivity contribution in [2.45, 2.75) is 59.5 Å². The third kappa shape index (κ3) is 4.49. The number of anilines is 1. The summed E-state index contributed by atoms with van der Waals surface area (Å²) in [6.07, 6.45) is 1.19. The lowest BCUT2D eigenvalue weighted by molar-refractivity contribution is -0.119. The highest BCUT2D eigenvalue weighted by molar-refractivity contribution is 6.04. The van der Waals surface area contributed by atoms with E-state index in [-0.39, 0.29) is 11.4 Å². The van der Waals surface area contributed by atoms with Crippen molar-refractivity contribution in [3.05, 3.63) is 76.7 Å². The molecule has 8 nitrogen and oxygen atoms in total. The highest BCUT2D eigenvalue weighted by atomic mass is 16.2. The van der Waals surface area contributed by atoms with E-state index in [9.17, 15) is 4.79 Å². The first kappa shape index (κ1) is 23.0. The molecule has 0 aliphatic carbocycles. The maximum Gasteiger partial charge on any atom is 0.228 e. The smallest absolute Gasteiger partial charge is 0.228 e. The highest BCUT2D eigenvalue weighted by Gasteiger charge is 2.29. The van der Waals surface area contributed by atoms with Crippen molar-refractivity contribution >= 4 is 17.6 Å². The SMILES string of the molecule is Cc1nc(C)c2c(n1)N(Cc1ccc(-c3ccccc3C3=NNN(C(C)(C)C)N3)cc1)C(=O)CC2. The monoisotopic (exact) mass is 469 g/mol. The van der Waals surface area contributed by atoms with Crippen LogP contribution in [0.25, 0.3) is 11.1 Å². The summed E-state index contributed by atoms with van der Waals surface area (Å²) < 4.78 is 0. The minimum atomic E-state index is -0.131. The Morgan fingerprint density at radius 1 is 0.943 bits per heavy atom. The van der Waals surface area contributed by atoms with Crippen LogP contribution in [0, 0.1) is 13.8 Å². The quantitative estimate of drug-likeness (QED) is 0.600. The summed E-state index contributed by atoms with van der Waals surface area (Å²) in [5.74, 6) is 2.32. The lowest BCUT2D eigenvalue weighted by atomic mass is 9.97. The number of aryl methyl sites for hydroxylation is 2. The molecule has 2 aliphatic heterocycles. The van der Waals surface area contributed by atoms with Crippen LogP contribution in [0.4, 0.5) is 5.82 Å². The fraction of sp³-hybridized carbons (Fsp3) is 0.333. The molecule has 0 atom stereocenters. The van der Waals surface area contributed by atoms with Gasteiger partial charge in [-0.1, -0.05) is 48.5 Å². The number of hydrogen-bond donors (Lipinski definition) is 2. The molecule has 0 unspecified atom stereocenters. The molecule has 0 fully saturated rings. The summed E-state index contributed by atoms with van der Waals surface area (Å²) in [7, 11) is 0. The average Bonchev–Trinajstić information content (AvgIpc) is 3.32. The van der Waals surface area contributed by atoms with Gasteiger partial charge in [-0.25, -0.2) is 15.5 Å². The van der Waals surface area contributed by atoms with Gasteiger partial charge in [0.2, 0.25) is 5.91 Å². The number of rotatable bonds is 4. The summed E-state index contributed by atoms with van der Waals surface area (Å²) in [6.45, 7) is 10.7. The standard InChI is InChI=1S/C27H31N7O/c1-17-21-14-15-24(35)33(26(21)29-18(2)28-17)16-19-10-12-20(13-11-19)22-8-6-7-9-23(22)25-30-32-34(31-25)27(3,4)5/h6-13,32H,14-16H2,1-5H3,(H,30,31). The number of amidine groups is 1. The number of carbonyl (C=O) groups excluding carboxylic acids is 1. The molecule has 180 valence electrons. The van der Waals surface area contributed by atoms with Crippen molar-refractivity contribution in [3.8, 4) is 11.1 Å². The Balaban J connectivity index is 1.40. The Kier molecular flexibility index (Phi) is 5.76. The van der Waals surface area contributed by atoms with Gasteiger partial charge in [-0.05, 0) is 57.7 Å². The zero-order valence-corrected chi connectivity index (χ0v) is 20.9. The van der Waals surface area contributed by atoms with E-state index in [1.807, 2.05) is 31.1 Å². The van der Waals surface area contributed by atoms with Gasteiger partial charge in [0.05, 0.1) is 12.1 Å². The van der Waals surface area contributed by atoms with E-state index >= 15 is 0 Å². The summed E-state index contributed by atoms with van der Waals surface area (Å²) in [4.78, 5) is 23.7. The number of nitrogens with one attached hydrogen (secondary N) is 2. The fourth-order valence-electron chi connectivity index (χ4n) is 4.49. The van der Waals surface area contributed by atoms with Crippen molar-refractivity contribution in [1.29, 1.82) is 0 Å². The first-order valence-corrected chi connectivity index (χ1v) is 11.9. The number of fused-ring (bicyclic) bond motifs is 1. The number of aromatic nitrogens is 2. The van der Waals surface area contributed by atoms with E-state index < -0.39 is 0 Å². The van der Waals surface area contributed by atoms with Gasteiger partial charge in [0.15, 0.2) is 5.84 Å². The molecule has 0 bridgehead atoms. The summed E-state index contributed by atoms with van der Waals surface area (Å²) in [5, 5.41) is 6.40. The van der Waals surface area contributed by atoms with Gasteiger partial charge in [0.25, 0.3) is 0 Å². The third-order valence-electron chi connectivity index (χ3n) is 6.39. The van der Waals surface area contributed by atoms with Crippen LogP contribution >= 0.6 is 0 Å². The summed E-state index contributed by atoms with van der Waals surface area (Å²) in [5.41, 5.74) is 12.6. The average molecular weight is 470 g/mol. The van der Waals surface area contributed by atoms with Gasteiger partial charge >= 0.3 is 0 Å². The van der Waals surface area contributed by atoms with Crippen LogP contribution in [-0.2, 0) is 17.8 Å². The van der Waals surface area contributed by atoms with E-state index in [0.29, 0.717) is 25.2 Å². The van der Waals surface area contributed by atoms with Gasteiger partial charge in [-0.3, -0.25) is 15.1 Å². The first-order valence-electron chi connectivity index (χ1n) is 11.9. The Hall–Kier alpha value is -3.78. The summed E-state index contributed by atoms with van der Waals surface area (Å²) in [6, 6.07) is 16.6. The van der Waals surface area contributed by atoms with Crippen LogP contribution in [0.3, 0.4) is 0 Å². The van der Waals surface area contributed by atoms with E-state index in [1.165, 1.54) is 0 Å². The molecule has 0 radical (unpaired) electrons. The minimum absolute atomic E-state index is 0.102. The molecule has 1 amide bonds. The Morgan fingerprint density at radius 3 is 2.34 bits per heavy atom. The molecular weight excluding hydrogens is 438 g/mol. The number of nitrogens with zero attached hydrogens (tertiary/aromatic N) is 5. The number of hydrogen-bond acceptors (Lipinski definition) is 7. The number of carbonyl (C=O) groups is 1. The second kappa shape index (κ2) is 8.78. The molecule has 2 N–H and O–H groups in total.